The van der Waals surface area contributed by atoms with Gasteiger partial charge in [0.2, 0.25) is 0 Å². The predicted molar refractivity (Wildman–Crippen MR) is 81.1 cm³/mol. The molecule has 1 aromatic rings. The molecule has 3 N–H and O–H groups in total. The minimum atomic E-state index is 0.486. The molecule has 2 heterocycles. The molecule has 1 unspecified atom stereocenters. The summed E-state index contributed by atoms with van der Waals surface area (Å²) >= 11 is 1.38. The van der Waals surface area contributed by atoms with Gasteiger partial charge in [-0.3, -0.25) is 4.90 Å². The summed E-state index contributed by atoms with van der Waals surface area (Å²) < 4.78 is 9.68. The smallest absolute Gasteiger partial charge is 0.197 e. The van der Waals surface area contributed by atoms with E-state index >= 15 is 0 Å². The van der Waals surface area contributed by atoms with Gasteiger partial charge >= 0.3 is 0 Å². The SMILES string of the molecule is CCOc1c(N)nsc1NCC(C)N1CCCCC1. The van der Waals surface area contributed by atoms with Crippen molar-refractivity contribution in [3.05, 3.63) is 0 Å². The molecule has 5 nitrogen and oxygen atoms in total. The normalized spacial score (nSPS) is 18.2. The van der Waals surface area contributed by atoms with Crippen molar-refractivity contribution in [2.75, 3.05) is 37.3 Å². The molecule has 0 aromatic carbocycles. The number of nitrogens with zero attached hydrogens (tertiary/aromatic N) is 2. The van der Waals surface area contributed by atoms with Gasteiger partial charge in [-0.1, -0.05) is 6.42 Å². The summed E-state index contributed by atoms with van der Waals surface area (Å²) in [5, 5.41) is 4.37. The number of piperidine rings is 1. The molecule has 0 radical (unpaired) electrons. The molecule has 2 rings (SSSR count). The third-order valence-corrected chi connectivity index (χ3v) is 4.34. The zero-order valence-corrected chi connectivity index (χ0v) is 12.6. The van der Waals surface area contributed by atoms with Gasteiger partial charge in [-0.2, -0.15) is 4.37 Å². The van der Waals surface area contributed by atoms with Gasteiger partial charge in [0.05, 0.1) is 6.61 Å². The molecule has 1 fully saturated rings. The lowest BCUT2D eigenvalue weighted by Crippen LogP contribution is -2.41. The van der Waals surface area contributed by atoms with Crippen molar-refractivity contribution < 1.29 is 4.74 Å². The Morgan fingerprint density at radius 2 is 2.16 bits per heavy atom. The highest BCUT2D eigenvalue weighted by molar-refractivity contribution is 7.11. The van der Waals surface area contributed by atoms with Gasteiger partial charge in [-0.25, -0.2) is 0 Å². The van der Waals surface area contributed by atoms with Crippen molar-refractivity contribution in [3.8, 4) is 5.75 Å². The van der Waals surface area contributed by atoms with E-state index in [9.17, 15) is 0 Å². The second-order valence-corrected chi connectivity index (χ2v) is 5.76. The molecular formula is C13H24N4OS. The zero-order valence-electron chi connectivity index (χ0n) is 11.8. The summed E-state index contributed by atoms with van der Waals surface area (Å²) in [6, 6.07) is 0.526. The summed E-state index contributed by atoms with van der Waals surface area (Å²) in [7, 11) is 0. The largest absolute Gasteiger partial charge is 0.487 e. The van der Waals surface area contributed by atoms with Crippen LogP contribution in [0.25, 0.3) is 0 Å². The van der Waals surface area contributed by atoms with Crippen LogP contribution in [-0.2, 0) is 0 Å². The Balaban J connectivity index is 1.87. The number of hydrogen-bond donors (Lipinski definition) is 2. The van der Waals surface area contributed by atoms with Gasteiger partial charge < -0.3 is 15.8 Å². The summed E-state index contributed by atoms with van der Waals surface area (Å²) in [6.45, 7) is 8.17. The molecule has 0 bridgehead atoms. The first-order valence-electron chi connectivity index (χ1n) is 7.08. The number of nitrogen functional groups attached to an aromatic ring is 1. The molecule has 0 aliphatic carbocycles. The number of anilines is 2. The Hall–Kier alpha value is -1.01. The Morgan fingerprint density at radius 1 is 1.42 bits per heavy atom. The number of rotatable bonds is 6. The number of nitrogens with one attached hydrogen (secondary N) is 1. The van der Waals surface area contributed by atoms with E-state index in [4.69, 9.17) is 10.5 Å². The van der Waals surface area contributed by atoms with Gasteiger partial charge in [-0.05, 0) is 51.3 Å². The molecule has 1 aliphatic heterocycles. The lowest BCUT2D eigenvalue weighted by Gasteiger charge is -2.32. The van der Waals surface area contributed by atoms with Crippen LogP contribution in [0.3, 0.4) is 0 Å². The Morgan fingerprint density at radius 3 is 2.84 bits per heavy atom. The van der Waals surface area contributed by atoms with Gasteiger partial charge in [0.25, 0.3) is 0 Å². The highest BCUT2D eigenvalue weighted by atomic mass is 32.1. The number of aromatic nitrogens is 1. The maximum absolute atomic E-state index is 5.80. The lowest BCUT2D eigenvalue weighted by atomic mass is 10.1. The van der Waals surface area contributed by atoms with Gasteiger partial charge in [-0.15, -0.1) is 0 Å². The van der Waals surface area contributed by atoms with Crippen molar-refractivity contribution in [2.45, 2.75) is 39.2 Å². The maximum atomic E-state index is 5.80. The molecule has 1 saturated heterocycles. The number of ether oxygens (including phenoxy) is 1. The minimum Gasteiger partial charge on any atom is -0.487 e. The molecule has 19 heavy (non-hydrogen) atoms. The Bertz CT molecular complexity index is 390. The summed E-state index contributed by atoms with van der Waals surface area (Å²) in [5.74, 6) is 1.19. The quantitative estimate of drug-likeness (QED) is 0.840. The number of likely N-dealkylation sites (tertiary alicyclic amines) is 1. The lowest BCUT2D eigenvalue weighted by molar-refractivity contribution is 0.180. The zero-order chi connectivity index (χ0) is 13.7. The first kappa shape index (κ1) is 14.4. The molecule has 1 atom stereocenters. The standard InChI is InChI=1S/C13H24N4OS/c1-3-18-11-12(14)16-19-13(11)15-9-10(2)17-7-5-4-6-8-17/h10,15H,3-9H2,1-2H3,(H2,14,16). The number of hydrogen-bond acceptors (Lipinski definition) is 6. The topological polar surface area (TPSA) is 63.4 Å². The first-order valence-corrected chi connectivity index (χ1v) is 7.85. The van der Waals surface area contributed by atoms with E-state index in [0.29, 0.717) is 24.2 Å². The van der Waals surface area contributed by atoms with Crippen LogP contribution in [0.5, 0.6) is 5.75 Å². The fraction of sp³-hybridized carbons (Fsp3) is 0.769. The van der Waals surface area contributed by atoms with Crippen LogP contribution < -0.4 is 15.8 Å². The van der Waals surface area contributed by atoms with Crippen molar-refractivity contribution in [3.63, 3.8) is 0 Å². The van der Waals surface area contributed by atoms with Crippen LogP contribution in [0, 0.1) is 0 Å². The highest BCUT2D eigenvalue weighted by Gasteiger charge is 2.18. The van der Waals surface area contributed by atoms with Gasteiger partial charge in [0.1, 0.15) is 0 Å². The molecule has 0 spiro atoms. The van der Waals surface area contributed by atoms with E-state index in [1.54, 1.807) is 0 Å². The summed E-state index contributed by atoms with van der Waals surface area (Å²) in [4.78, 5) is 2.54. The monoisotopic (exact) mass is 284 g/mol. The molecule has 0 saturated carbocycles. The van der Waals surface area contributed by atoms with Crippen molar-refractivity contribution in [1.29, 1.82) is 0 Å². The van der Waals surface area contributed by atoms with E-state index in [1.165, 1.54) is 43.9 Å². The van der Waals surface area contributed by atoms with Crippen LogP contribution >= 0.6 is 11.5 Å². The third-order valence-electron chi connectivity index (χ3n) is 3.53. The average molecular weight is 284 g/mol. The van der Waals surface area contributed by atoms with Gasteiger partial charge in [0.15, 0.2) is 16.6 Å². The van der Waals surface area contributed by atoms with Crippen LogP contribution in [0.2, 0.25) is 0 Å². The van der Waals surface area contributed by atoms with E-state index < -0.39 is 0 Å². The summed E-state index contributed by atoms with van der Waals surface area (Å²) in [6.07, 6.45) is 4.01. The van der Waals surface area contributed by atoms with E-state index in [-0.39, 0.29) is 0 Å². The molecule has 0 amide bonds. The fourth-order valence-corrected chi connectivity index (χ4v) is 3.09. The van der Waals surface area contributed by atoms with Crippen LogP contribution in [0.1, 0.15) is 33.1 Å². The van der Waals surface area contributed by atoms with E-state index in [1.807, 2.05) is 6.92 Å². The molecule has 1 aromatic heterocycles. The average Bonchev–Trinajstić information content (AvgIpc) is 2.79. The second kappa shape index (κ2) is 6.96. The number of nitrogens with two attached hydrogens (primary N) is 1. The van der Waals surface area contributed by atoms with Gasteiger partial charge in [0, 0.05) is 12.6 Å². The first-order chi connectivity index (χ1) is 9.22. The second-order valence-electron chi connectivity index (χ2n) is 4.99. The Kier molecular flexibility index (Phi) is 5.27. The summed E-state index contributed by atoms with van der Waals surface area (Å²) in [5.41, 5.74) is 5.80. The predicted octanol–water partition coefficient (Wildman–Crippen LogP) is 2.41. The molecule has 108 valence electrons. The van der Waals surface area contributed by atoms with Crippen LogP contribution in [0.15, 0.2) is 0 Å². The van der Waals surface area contributed by atoms with Crippen LogP contribution in [0.4, 0.5) is 10.8 Å². The van der Waals surface area contributed by atoms with Crippen molar-refractivity contribution in [1.82, 2.24) is 9.27 Å². The highest BCUT2D eigenvalue weighted by Crippen LogP contribution is 2.35. The van der Waals surface area contributed by atoms with Crippen molar-refractivity contribution >= 4 is 22.4 Å². The van der Waals surface area contributed by atoms with Crippen molar-refractivity contribution in [2.24, 2.45) is 0 Å². The molecule has 1 aliphatic rings. The van der Waals surface area contributed by atoms with E-state index in [0.717, 1.165) is 11.5 Å². The molecule has 6 heteroatoms. The third kappa shape index (κ3) is 3.73. The van der Waals surface area contributed by atoms with E-state index in [2.05, 4.69) is 21.5 Å². The fourth-order valence-electron chi connectivity index (χ4n) is 2.42. The maximum Gasteiger partial charge on any atom is 0.197 e. The Labute approximate surface area is 119 Å². The van der Waals surface area contributed by atoms with Crippen LogP contribution in [-0.4, -0.2) is 41.6 Å². The minimum absolute atomic E-state index is 0.486. The molecular weight excluding hydrogens is 260 g/mol.